The van der Waals surface area contributed by atoms with Crippen LogP contribution in [0.15, 0.2) is 18.2 Å². The summed E-state index contributed by atoms with van der Waals surface area (Å²) in [6.45, 7) is 3.27. The van der Waals surface area contributed by atoms with Crippen LogP contribution in [0.25, 0.3) is 0 Å². The quantitative estimate of drug-likeness (QED) is 0.880. The molecule has 1 amide bonds. The molecule has 0 spiro atoms. The van der Waals surface area contributed by atoms with Crippen LogP contribution in [-0.2, 0) is 11.3 Å². The fourth-order valence-electron chi connectivity index (χ4n) is 1.58. The molecule has 96 valence electrons. The van der Waals surface area contributed by atoms with E-state index in [1.807, 2.05) is 6.07 Å². The highest BCUT2D eigenvalue weighted by molar-refractivity contribution is 5.84. The largest absolute Gasteiger partial charge is 0.340 e. The first kappa shape index (κ1) is 14.1. The third-order valence-corrected chi connectivity index (χ3v) is 2.48. The van der Waals surface area contributed by atoms with Crippen LogP contribution in [0.4, 0.5) is 4.39 Å². The number of halogens is 1. The van der Waals surface area contributed by atoms with Crippen molar-refractivity contribution >= 4 is 5.91 Å². The Labute approximate surface area is 106 Å². The number of nitrogens with zero attached hydrogens (tertiary/aromatic N) is 2. The van der Waals surface area contributed by atoms with E-state index in [0.717, 1.165) is 0 Å². The summed E-state index contributed by atoms with van der Waals surface area (Å²) in [6.07, 6.45) is 0. The number of amides is 1. The van der Waals surface area contributed by atoms with E-state index in [0.29, 0.717) is 11.1 Å². The maximum Gasteiger partial charge on any atom is 0.242 e. The van der Waals surface area contributed by atoms with Gasteiger partial charge in [-0.2, -0.15) is 5.26 Å². The van der Waals surface area contributed by atoms with E-state index in [-0.39, 0.29) is 12.5 Å². The third-order valence-electron chi connectivity index (χ3n) is 2.48. The molecule has 0 saturated heterocycles. The van der Waals surface area contributed by atoms with Crippen molar-refractivity contribution in [3.05, 3.63) is 35.1 Å². The minimum atomic E-state index is -1.00. The zero-order chi connectivity index (χ0) is 13.9. The second kappa shape index (κ2) is 5.15. The summed E-state index contributed by atoms with van der Waals surface area (Å²) in [7, 11) is 1.55. The van der Waals surface area contributed by atoms with Crippen molar-refractivity contribution in [2.45, 2.75) is 25.9 Å². The summed E-state index contributed by atoms with van der Waals surface area (Å²) < 4.78 is 13.5. The van der Waals surface area contributed by atoms with Gasteiger partial charge in [0.1, 0.15) is 5.82 Å². The van der Waals surface area contributed by atoms with Gasteiger partial charge in [-0.05, 0) is 32.0 Å². The number of hydrogen-bond donors (Lipinski definition) is 1. The van der Waals surface area contributed by atoms with Crippen molar-refractivity contribution in [1.82, 2.24) is 4.90 Å². The van der Waals surface area contributed by atoms with Crippen LogP contribution in [0.1, 0.15) is 25.0 Å². The van der Waals surface area contributed by atoms with Crippen molar-refractivity contribution in [2.24, 2.45) is 5.73 Å². The zero-order valence-corrected chi connectivity index (χ0v) is 10.7. The maximum atomic E-state index is 13.5. The Kier molecular flexibility index (Phi) is 4.04. The van der Waals surface area contributed by atoms with Gasteiger partial charge in [-0.1, -0.05) is 0 Å². The lowest BCUT2D eigenvalue weighted by atomic mass is 10.0. The molecule has 0 fully saturated rings. The number of nitriles is 1. The highest BCUT2D eigenvalue weighted by Gasteiger charge is 2.26. The molecule has 1 rings (SSSR count). The molecule has 4 nitrogen and oxygen atoms in total. The number of carbonyl (C=O) groups excluding carboxylic acids is 1. The third kappa shape index (κ3) is 3.28. The molecule has 0 aliphatic heterocycles. The van der Waals surface area contributed by atoms with Crippen molar-refractivity contribution in [3.63, 3.8) is 0 Å². The lowest BCUT2D eigenvalue weighted by molar-refractivity contribution is -0.135. The van der Waals surface area contributed by atoms with Crippen molar-refractivity contribution in [1.29, 1.82) is 5.26 Å². The van der Waals surface area contributed by atoms with E-state index in [1.54, 1.807) is 20.9 Å². The molecule has 0 aliphatic carbocycles. The lowest BCUT2D eigenvalue weighted by Crippen LogP contribution is -2.49. The van der Waals surface area contributed by atoms with Crippen molar-refractivity contribution in [2.75, 3.05) is 7.05 Å². The summed E-state index contributed by atoms with van der Waals surface area (Å²) >= 11 is 0. The van der Waals surface area contributed by atoms with E-state index >= 15 is 0 Å². The Balaban J connectivity index is 2.92. The second-order valence-corrected chi connectivity index (χ2v) is 4.80. The average Bonchev–Trinajstić information content (AvgIpc) is 2.29. The molecule has 5 heteroatoms. The molecule has 0 aliphatic rings. The number of likely N-dealkylation sites (N-methyl/N-ethyl adjacent to an activating group) is 1. The molecular formula is C13H16FN3O. The SMILES string of the molecule is CN(Cc1cc(C#N)ccc1F)C(=O)C(C)(C)N. The molecule has 0 bridgehead atoms. The molecule has 2 N–H and O–H groups in total. The molecule has 0 heterocycles. The van der Waals surface area contributed by atoms with Crippen LogP contribution < -0.4 is 5.73 Å². The van der Waals surface area contributed by atoms with Crippen LogP contribution in [0, 0.1) is 17.1 Å². The Morgan fingerprint density at radius 3 is 2.67 bits per heavy atom. The van der Waals surface area contributed by atoms with E-state index in [1.165, 1.54) is 23.1 Å². The minimum Gasteiger partial charge on any atom is -0.340 e. The number of carbonyl (C=O) groups is 1. The van der Waals surface area contributed by atoms with Crippen molar-refractivity contribution in [3.8, 4) is 6.07 Å². The van der Waals surface area contributed by atoms with Crippen molar-refractivity contribution < 1.29 is 9.18 Å². The first-order chi connectivity index (χ1) is 8.25. The van der Waals surface area contributed by atoms with Crippen LogP contribution in [0.2, 0.25) is 0 Å². The molecule has 0 aromatic heterocycles. The Morgan fingerprint density at radius 2 is 2.17 bits per heavy atom. The monoisotopic (exact) mass is 249 g/mol. The van der Waals surface area contributed by atoms with E-state index in [2.05, 4.69) is 0 Å². The van der Waals surface area contributed by atoms with Crippen LogP contribution in [-0.4, -0.2) is 23.4 Å². The Morgan fingerprint density at radius 1 is 1.56 bits per heavy atom. The lowest BCUT2D eigenvalue weighted by Gasteiger charge is -2.26. The number of nitrogens with two attached hydrogens (primary N) is 1. The standard InChI is InChI=1S/C13H16FN3O/c1-13(2,16)12(18)17(3)8-10-6-9(7-15)4-5-11(10)14/h4-6H,8,16H2,1-3H3. The first-order valence-corrected chi connectivity index (χ1v) is 5.48. The van der Waals surface area contributed by atoms with Crippen LogP contribution >= 0.6 is 0 Å². The van der Waals surface area contributed by atoms with Gasteiger partial charge in [0.25, 0.3) is 0 Å². The smallest absolute Gasteiger partial charge is 0.242 e. The summed E-state index contributed by atoms with van der Waals surface area (Å²) in [5, 5.41) is 8.75. The minimum absolute atomic E-state index is 0.0841. The molecule has 0 radical (unpaired) electrons. The second-order valence-electron chi connectivity index (χ2n) is 4.80. The number of hydrogen-bond acceptors (Lipinski definition) is 3. The van der Waals surface area contributed by atoms with Gasteiger partial charge in [0.05, 0.1) is 17.2 Å². The molecule has 18 heavy (non-hydrogen) atoms. The van der Waals surface area contributed by atoms with Crippen LogP contribution in [0.3, 0.4) is 0 Å². The van der Waals surface area contributed by atoms with Gasteiger partial charge in [-0.3, -0.25) is 4.79 Å². The average molecular weight is 249 g/mol. The number of benzene rings is 1. The topological polar surface area (TPSA) is 70.1 Å². The van der Waals surface area contributed by atoms with Crippen LogP contribution in [0.5, 0.6) is 0 Å². The number of rotatable bonds is 3. The summed E-state index contributed by atoms with van der Waals surface area (Å²) in [5.74, 6) is -0.729. The molecule has 1 aromatic carbocycles. The van der Waals surface area contributed by atoms with Gasteiger partial charge in [0, 0.05) is 19.2 Å². The van der Waals surface area contributed by atoms with E-state index in [4.69, 9.17) is 11.0 Å². The van der Waals surface area contributed by atoms with E-state index < -0.39 is 11.4 Å². The molecule has 0 saturated carbocycles. The Hall–Kier alpha value is -1.93. The van der Waals surface area contributed by atoms with Gasteiger partial charge < -0.3 is 10.6 Å². The molecule has 0 unspecified atom stereocenters. The van der Waals surface area contributed by atoms with Gasteiger partial charge >= 0.3 is 0 Å². The predicted octanol–water partition coefficient (Wildman–Crippen LogP) is 1.39. The summed E-state index contributed by atoms with van der Waals surface area (Å²) in [6, 6.07) is 5.98. The summed E-state index contributed by atoms with van der Waals surface area (Å²) in [5.41, 5.74) is 5.35. The zero-order valence-electron chi connectivity index (χ0n) is 10.7. The highest BCUT2D eigenvalue weighted by Crippen LogP contribution is 2.14. The van der Waals surface area contributed by atoms with Gasteiger partial charge in [-0.25, -0.2) is 4.39 Å². The molecular weight excluding hydrogens is 233 g/mol. The van der Waals surface area contributed by atoms with E-state index in [9.17, 15) is 9.18 Å². The van der Waals surface area contributed by atoms with Gasteiger partial charge in [0.15, 0.2) is 0 Å². The predicted molar refractivity (Wildman–Crippen MR) is 65.9 cm³/mol. The fraction of sp³-hybridized carbons (Fsp3) is 0.385. The fourth-order valence-corrected chi connectivity index (χ4v) is 1.58. The normalized spacial score (nSPS) is 10.9. The Bertz CT molecular complexity index is 500. The molecule has 0 atom stereocenters. The first-order valence-electron chi connectivity index (χ1n) is 5.48. The maximum absolute atomic E-state index is 13.5. The highest BCUT2D eigenvalue weighted by atomic mass is 19.1. The molecule has 1 aromatic rings. The van der Waals surface area contributed by atoms with Gasteiger partial charge in [-0.15, -0.1) is 0 Å². The summed E-state index contributed by atoms with van der Waals surface area (Å²) in [4.78, 5) is 13.2. The van der Waals surface area contributed by atoms with Gasteiger partial charge in [0.2, 0.25) is 5.91 Å².